The van der Waals surface area contributed by atoms with Gasteiger partial charge in [-0.15, -0.1) is 10.2 Å². The van der Waals surface area contributed by atoms with Crippen molar-refractivity contribution >= 4 is 5.91 Å². The maximum absolute atomic E-state index is 11.8. The number of nitrogens with one attached hydrogen (secondary N) is 1. The van der Waals surface area contributed by atoms with E-state index in [-0.39, 0.29) is 11.6 Å². The third-order valence-electron chi connectivity index (χ3n) is 1.61. The van der Waals surface area contributed by atoms with E-state index in [0.717, 1.165) is 0 Å². The molecule has 0 aliphatic rings. The molecule has 0 fully saturated rings. The Labute approximate surface area is 95.0 Å². The normalized spacial score (nSPS) is 11.1. The molecule has 0 radical (unpaired) electrons. The van der Waals surface area contributed by atoms with E-state index in [0.29, 0.717) is 6.61 Å². The van der Waals surface area contributed by atoms with Gasteiger partial charge in [-0.3, -0.25) is 4.79 Å². The van der Waals surface area contributed by atoms with Gasteiger partial charge in [0, 0.05) is 6.07 Å². The lowest BCUT2D eigenvalue weighted by molar-refractivity contribution is -0.123. The lowest BCUT2D eigenvalue weighted by Gasteiger charge is -2.07. The van der Waals surface area contributed by atoms with Crippen molar-refractivity contribution in [1.82, 2.24) is 15.5 Å². The summed E-state index contributed by atoms with van der Waals surface area (Å²) in [6.45, 7) is 0.723. The van der Waals surface area contributed by atoms with Gasteiger partial charge in [-0.05, 0) is 13.0 Å². The van der Waals surface area contributed by atoms with Crippen molar-refractivity contribution in [1.29, 1.82) is 0 Å². The zero-order valence-electron chi connectivity index (χ0n) is 8.91. The van der Waals surface area contributed by atoms with Gasteiger partial charge in [0.05, 0.1) is 6.61 Å². The number of carbonyl (C=O) groups is 1. The SMILES string of the molecule is CCOc1ccc(C(=O)NCC(F)(F)F)nn1. The molecule has 94 valence electrons. The van der Waals surface area contributed by atoms with Crippen molar-refractivity contribution in [2.24, 2.45) is 0 Å². The zero-order valence-corrected chi connectivity index (χ0v) is 8.91. The molecule has 0 bridgehead atoms. The lowest BCUT2D eigenvalue weighted by atomic mass is 10.3. The predicted molar refractivity (Wildman–Crippen MR) is 51.6 cm³/mol. The number of hydrogen-bond donors (Lipinski definition) is 1. The standard InChI is InChI=1S/C9H10F3N3O2/c1-2-17-7-4-3-6(14-15-7)8(16)13-5-9(10,11)12/h3-4H,2,5H2,1H3,(H,13,16). The Morgan fingerprint density at radius 2 is 2.12 bits per heavy atom. The first kappa shape index (κ1) is 13.2. The number of alkyl halides is 3. The van der Waals surface area contributed by atoms with E-state index >= 15 is 0 Å². The minimum absolute atomic E-state index is 0.197. The van der Waals surface area contributed by atoms with Gasteiger partial charge in [0.1, 0.15) is 6.54 Å². The Bertz CT molecular complexity index is 378. The summed E-state index contributed by atoms with van der Waals surface area (Å²) in [6.07, 6.45) is -4.45. The molecule has 0 saturated heterocycles. The minimum atomic E-state index is -4.45. The molecule has 0 aromatic carbocycles. The van der Waals surface area contributed by atoms with Gasteiger partial charge in [-0.1, -0.05) is 0 Å². The van der Waals surface area contributed by atoms with Crippen LogP contribution in [0, 0.1) is 0 Å². The molecule has 0 spiro atoms. The van der Waals surface area contributed by atoms with Gasteiger partial charge in [0.2, 0.25) is 5.88 Å². The molecule has 0 aliphatic carbocycles. The summed E-state index contributed by atoms with van der Waals surface area (Å²) in [7, 11) is 0. The number of nitrogens with zero attached hydrogens (tertiary/aromatic N) is 2. The molecular formula is C9H10F3N3O2. The number of amides is 1. The second-order valence-electron chi connectivity index (χ2n) is 2.99. The van der Waals surface area contributed by atoms with Gasteiger partial charge in [0.25, 0.3) is 5.91 Å². The Kier molecular flexibility index (Phi) is 4.24. The Morgan fingerprint density at radius 3 is 2.59 bits per heavy atom. The highest BCUT2D eigenvalue weighted by molar-refractivity contribution is 5.92. The molecule has 8 heteroatoms. The van der Waals surface area contributed by atoms with E-state index in [1.54, 1.807) is 12.2 Å². The summed E-state index contributed by atoms with van der Waals surface area (Å²) >= 11 is 0. The van der Waals surface area contributed by atoms with E-state index < -0.39 is 18.6 Å². The van der Waals surface area contributed by atoms with Crippen molar-refractivity contribution < 1.29 is 22.7 Å². The van der Waals surface area contributed by atoms with Crippen LogP contribution in [-0.4, -0.2) is 35.4 Å². The summed E-state index contributed by atoms with van der Waals surface area (Å²) in [4.78, 5) is 11.2. The van der Waals surface area contributed by atoms with Crippen LogP contribution in [0.2, 0.25) is 0 Å². The first-order valence-electron chi connectivity index (χ1n) is 4.74. The first-order chi connectivity index (χ1) is 7.92. The molecule has 0 saturated carbocycles. The molecule has 1 aromatic rings. The third-order valence-corrected chi connectivity index (χ3v) is 1.61. The Morgan fingerprint density at radius 1 is 1.41 bits per heavy atom. The second kappa shape index (κ2) is 5.46. The molecule has 1 aromatic heterocycles. The largest absolute Gasteiger partial charge is 0.477 e. The molecule has 1 rings (SSSR count). The maximum Gasteiger partial charge on any atom is 0.405 e. The van der Waals surface area contributed by atoms with Crippen molar-refractivity contribution in [3.8, 4) is 5.88 Å². The van der Waals surface area contributed by atoms with Gasteiger partial charge in [-0.2, -0.15) is 13.2 Å². The molecule has 1 N–H and O–H groups in total. The fraction of sp³-hybridized carbons (Fsp3) is 0.444. The Balaban J connectivity index is 2.57. The lowest BCUT2D eigenvalue weighted by Crippen LogP contribution is -2.34. The average molecular weight is 249 g/mol. The van der Waals surface area contributed by atoms with E-state index in [1.165, 1.54) is 12.1 Å². The smallest absolute Gasteiger partial charge is 0.405 e. The maximum atomic E-state index is 11.8. The highest BCUT2D eigenvalue weighted by Crippen LogP contribution is 2.12. The number of ether oxygens (including phenoxy) is 1. The van der Waals surface area contributed by atoms with E-state index in [1.807, 2.05) is 0 Å². The van der Waals surface area contributed by atoms with Gasteiger partial charge in [-0.25, -0.2) is 0 Å². The summed E-state index contributed by atoms with van der Waals surface area (Å²) in [5, 5.41) is 8.65. The molecule has 0 aliphatic heterocycles. The van der Waals surface area contributed by atoms with Gasteiger partial charge < -0.3 is 10.1 Å². The van der Waals surface area contributed by atoms with Crippen LogP contribution >= 0.6 is 0 Å². The third kappa shape index (κ3) is 4.66. The minimum Gasteiger partial charge on any atom is -0.477 e. The summed E-state index contributed by atoms with van der Waals surface area (Å²) in [5.41, 5.74) is -0.197. The highest BCUT2D eigenvalue weighted by Gasteiger charge is 2.28. The summed E-state index contributed by atoms with van der Waals surface area (Å²) < 4.78 is 40.4. The topological polar surface area (TPSA) is 64.1 Å². The van der Waals surface area contributed by atoms with Crippen LogP contribution in [0.4, 0.5) is 13.2 Å². The number of hydrogen-bond acceptors (Lipinski definition) is 4. The second-order valence-corrected chi connectivity index (χ2v) is 2.99. The van der Waals surface area contributed by atoms with Crippen LogP contribution in [0.5, 0.6) is 5.88 Å². The highest BCUT2D eigenvalue weighted by atomic mass is 19.4. The van der Waals surface area contributed by atoms with Gasteiger partial charge >= 0.3 is 6.18 Å². The predicted octanol–water partition coefficient (Wildman–Crippen LogP) is 1.17. The summed E-state index contributed by atoms with van der Waals surface area (Å²) in [6, 6.07) is 2.60. The zero-order chi connectivity index (χ0) is 12.9. The van der Waals surface area contributed by atoms with Crippen molar-refractivity contribution in [2.75, 3.05) is 13.2 Å². The molecular weight excluding hydrogens is 239 g/mol. The van der Waals surface area contributed by atoms with Crippen LogP contribution < -0.4 is 10.1 Å². The van der Waals surface area contributed by atoms with E-state index in [4.69, 9.17) is 4.74 Å². The van der Waals surface area contributed by atoms with Crippen LogP contribution in [0.25, 0.3) is 0 Å². The number of carbonyl (C=O) groups excluding carboxylic acids is 1. The van der Waals surface area contributed by atoms with E-state index in [9.17, 15) is 18.0 Å². The number of rotatable bonds is 4. The van der Waals surface area contributed by atoms with Crippen LogP contribution in [-0.2, 0) is 0 Å². The average Bonchev–Trinajstić information content (AvgIpc) is 2.26. The van der Waals surface area contributed by atoms with Crippen LogP contribution in [0.1, 0.15) is 17.4 Å². The molecule has 17 heavy (non-hydrogen) atoms. The summed E-state index contributed by atoms with van der Waals surface area (Å²) in [5.74, 6) is -0.724. The molecule has 1 heterocycles. The fourth-order valence-corrected chi connectivity index (χ4v) is 0.937. The molecule has 0 unspecified atom stereocenters. The van der Waals surface area contributed by atoms with Crippen LogP contribution in [0.15, 0.2) is 12.1 Å². The van der Waals surface area contributed by atoms with Crippen LogP contribution in [0.3, 0.4) is 0 Å². The van der Waals surface area contributed by atoms with Crippen molar-refractivity contribution in [3.63, 3.8) is 0 Å². The molecule has 5 nitrogen and oxygen atoms in total. The van der Waals surface area contributed by atoms with Crippen molar-refractivity contribution in [3.05, 3.63) is 17.8 Å². The molecule has 1 amide bonds. The van der Waals surface area contributed by atoms with Gasteiger partial charge in [0.15, 0.2) is 5.69 Å². The fourth-order valence-electron chi connectivity index (χ4n) is 0.937. The molecule has 0 atom stereocenters. The van der Waals surface area contributed by atoms with Crippen molar-refractivity contribution in [2.45, 2.75) is 13.1 Å². The number of aromatic nitrogens is 2. The van der Waals surface area contributed by atoms with E-state index in [2.05, 4.69) is 10.2 Å². The monoisotopic (exact) mass is 249 g/mol. The number of halogens is 3. The quantitative estimate of drug-likeness (QED) is 0.869. The Hall–Kier alpha value is -1.86. The first-order valence-corrected chi connectivity index (χ1v) is 4.74.